The summed E-state index contributed by atoms with van der Waals surface area (Å²) in [6.45, 7) is 8.54. The van der Waals surface area contributed by atoms with Gasteiger partial charge in [0.15, 0.2) is 5.43 Å². The molecule has 0 amide bonds. The quantitative estimate of drug-likeness (QED) is 0.391. The monoisotopic (exact) mass is 385 g/mol. The molecule has 0 radical (unpaired) electrons. The summed E-state index contributed by atoms with van der Waals surface area (Å²) in [6.07, 6.45) is 0. The van der Waals surface area contributed by atoms with E-state index in [4.69, 9.17) is 0 Å². The molecule has 0 unspecified atom stereocenters. The molecule has 4 aromatic rings. The van der Waals surface area contributed by atoms with Gasteiger partial charge in [-0.1, -0.05) is 62.7 Å². The predicted molar refractivity (Wildman–Crippen MR) is 118 cm³/mol. The van der Waals surface area contributed by atoms with Crippen LogP contribution in [0.1, 0.15) is 31.9 Å². The predicted octanol–water partition coefficient (Wildman–Crippen LogP) is 6.40. The highest BCUT2D eigenvalue weighted by molar-refractivity contribution is 5.85. The Labute approximate surface area is 170 Å². The number of aryl methyl sites for hydroxylation is 1. The van der Waals surface area contributed by atoms with Crippen LogP contribution in [-0.2, 0) is 5.41 Å². The van der Waals surface area contributed by atoms with Crippen LogP contribution < -0.4 is 5.43 Å². The molecule has 29 heavy (non-hydrogen) atoms. The minimum atomic E-state index is -0.363. The topological polar surface area (TPSA) is 22.0 Å². The molecule has 0 spiro atoms. The van der Waals surface area contributed by atoms with Gasteiger partial charge in [-0.25, -0.2) is 4.39 Å². The van der Waals surface area contributed by atoms with E-state index in [-0.39, 0.29) is 16.7 Å². The Morgan fingerprint density at radius 1 is 0.828 bits per heavy atom. The number of nitrogens with zero attached hydrogens (tertiary/aromatic N) is 1. The fourth-order valence-electron chi connectivity index (χ4n) is 3.62. The second-order valence-electron chi connectivity index (χ2n) is 8.55. The number of hydrogen-bond donors (Lipinski definition) is 0. The van der Waals surface area contributed by atoms with Gasteiger partial charge in [0.25, 0.3) is 0 Å². The van der Waals surface area contributed by atoms with E-state index in [1.54, 1.807) is 12.1 Å². The van der Waals surface area contributed by atoms with Crippen molar-refractivity contribution in [2.75, 3.05) is 0 Å². The molecule has 0 bridgehead atoms. The minimum absolute atomic E-state index is 0.0377. The van der Waals surface area contributed by atoms with Gasteiger partial charge in [0.1, 0.15) is 5.82 Å². The van der Waals surface area contributed by atoms with Crippen LogP contribution in [0, 0.1) is 12.7 Å². The lowest BCUT2D eigenvalue weighted by Gasteiger charge is -2.21. The van der Waals surface area contributed by atoms with Crippen LogP contribution in [0.2, 0.25) is 0 Å². The zero-order chi connectivity index (χ0) is 20.8. The van der Waals surface area contributed by atoms with Crippen molar-refractivity contribution >= 4 is 10.9 Å². The first-order chi connectivity index (χ1) is 13.7. The standard InChI is InChI=1S/C26H24FNO/c1-17-5-7-18(8-6-17)23-16-25(29)22-14-11-20(27)15-24(22)28(23)21-12-9-19(10-13-21)26(2,3)4/h5-16H,1-4H3. The van der Waals surface area contributed by atoms with Gasteiger partial charge in [-0.15, -0.1) is 0 Å². The van der Waals surface area contributed by atoms with Gasteiger partial charge < -0.3 is 4.57 Å². The number of fused-ring (bicyclic) bond motifs is 1. The number of rotatable bonds is 2. The second kappa shape index (κ2) is 7.00. The van der Waals surface area contributed by atoms with Crippen molar-refractivity contribution in [3.63, 3.8) is 0 Å². The smallest absolute Gasteiger partial charge is 0.190 e. The Morgan fingerprint density at radius 3 is 2.10 bits per heavy atom. The maximum absolute atomic E-state index is 14.2. The lowest BCUT2D eigenvalue weighted by atomic mass is 9.87. The Morgan fingerprint density at radius 2 is 1.48 bits per heavy atom. The highest BCUT2D eigenvalue weighted by Gasteiger charge is 2.16. The summed E-state index contributed by atoms with van der Waals surface area (Å²) in [7, 11) is 0. The van der Waals surface area contributed by atoms with Gasteiger partial charge in [0.2, 0.25) is 0 Å². The third kappa shape index (κ3) is 3.61. The number of benzene rings is 3. The van der Waals surface area contributed by atoms with Gasteiger partial charge in [-0.2, -0.15) is 0 Å². The molecule has 1 aromatic heterocycles. The number of halogens is 1. The Balaban J connectivity index is 2.05. The molecule has 3 heteroatoms. The first-order valence-electron chi connectivity index (χ1n) is 9.77. The van der Waals surface area contributed by atoms with Gasteiger partial charge in [0.05, 0.1) is 11.2 Å². The first kappa shape index (κ1) is 19.1. The van der Waals surface area contributed by atoms with Crippen LogP contribution in [-0.4, -0.2) is 4.57 Å². The highest BCUT2D eigenvalue weighted by atomic mass is 19.1. The molecule has 0 aliphatic rings. The Kier molecular flexibility index (Phi) is 4.62. The Hall–Kier alpha value is -3.20. The molecule has 0 aliphatic carbocycles. The average Bonchev–Trinajstić information content (AvgIpc) is 2.68. The zero-order valence-electron chi connectivity index (χ0n) is 17.2. The van der Waals surface area contributed by atoms with Gasteiger partial charge in [0, 0.05) is 17.1 Å². The molecular weight excluding hydrogens is 361 g/mol. The number of aromatic nitrogens is 1. The van der Waals surface area contributed by atoms with Crippen LogP contribution in [0.4, 0.5) is 4.39 Å². The van der Waals surface area contributed by atoms with Crippen LogP contribution in [0.25, 0.3) is 27.8 Å². The molecule has 1 heterocycles. The molecule has 3 aromatic carbocycles. The van der Waals surface area contributed by atoms with E-state index >= 15 is 0 Å². The van der Waals surface area contributed by atoms with E-state index in [0.717, 1.165) is 22.5 Å². The van der Waals surface area contributed by atoms with E-state index in [9.17, 15) is 9.18 Å². The molecule has 0 atom stereocenters. The average molecular weight is 385 g/mol. The van der Waals surface area contributed by atoms with Crippen LogP contribution in [0.3, 0.4) is 0 Å². The molecule has 0 aliphatic heterocycles. The molecule has 0 N–H and O–H groups in total. The maximum Gasteiger partial charge on any atom is 0.190 e. The van der Waals surface area contributed by atoms with Crippen molar-refractivity contribution in [2.45, 2.75) is 33.1 Å². The molecule has 146 valence electrons. The summed E-state index contributed by atoms with van der Waals surface area (Å²) in [5.41, 5.74) is 5.41. The maximum atomic E-state index is 14.2. The van der Waals surface area contributed by atoms with Crippen molar-refractivity contribution in [3.05, 3.63) is 100.0 Å². The van der Waals surface area contributed by atoms with Crippen molar-refractivity contribution in [3.8, 4) is 16.9 Å². The summed E-state index contributed by atoms with van der Waals surface area (Å²) in [5.74, 6) is -0.363. The fraction of sp³-hybridized carbons (Fsp3) is 0.192. The normalized spacial score (nSPS) is 11.8. The third-order valence-corrected chi connectivity index (χ3v) is 5.31. The molecule has 0 fully saturated rings. The number of pyridine rings is 1. The zero-order valence-corrected chi connectivity index (χ0v) is 17.2. The highest BCUT2D eigenvalue weighted by Crippen LogP contribution is 2.29. The molecule has 4 rings (SSSR count). The second-order valence-corrected chi connectivity index (χ2v) is 8.55. The largest absolute Gasteiger partial charge is 0.309 e. The first-order valence-corrected chi connectivity index (χ1v) is 9.77. The van der Waals surface area contributed by atoms with Crippen molar-refractivity contribution in [2.24, 2.45) is 0 Å². The summed E-state index contributed by atoms with van der Waals surface area (Å²) >= 11 is 0. The van der Waals surface area contributed by atoms with E-state index in [1.165, 1.54) is 17.7 Å². The SMILES string of the molecule is Cc1ccc(-c2cc(=O)c3ccc(F)cc3n2-c2ccc(C(C)(C)C)cc2)cc1. The molecule has 0 saturated heterocycles. The lowest BCUT2D eigenvalue weighted by molar-refractivity contribution is 0.590. The summed E-state index contributed by atoms with van der Waals surface area (Å²) in [4.78, 5) is 12.8. The number of hydrogen-bond acceptors (Lipinski definition) is 1. The fourth-order valence-corrected chi connectivity index (χ4v) is 3.62. The van der Waals surface area contributed by atoms with Crippen molar-refractivity contribution in [1.29, 1.82) is 0 Å². The minimum Gasteiger partial charge on any atom is -0.309 e. The van der Waals surface area contributed by atoms with E-state index < -0.39 is 0 Å². The summed E-state index contributed by atoms with van der Waals surface area (Å²) in [6, 6.07) is 22.3. The van der Waals surface area contributed by atoms with Gasteiger partial charge in [-0.3, -0.25) is 4.79 Å². The van der Waals surface area contributed by atoms with Crippen molar-refractivity contribution in [1.82, 2.24) is 4.57 Å². The summed E-state index contributed by atoms with van der Waals surface area (Å²) < 4.78 is 16.1. The van der Waals surface area contributed by atoms with Crippen molar-refractivity contribution < 1.29 is 4.39 Å². The van der Waals surface area contributed by atoms with Crippen LogP contribution >= 0.6 is 0 Å². The summed E-state index contributed by atoms with van der Waals surface area (Å²) in [5, 5.41) is 0.502. The van der Waals surface area contributed by atoms with Crippen LogP contribution in [0.5, 0.6) is 0 Å². The van der Waals surface area contributed by atoms with E-state index in [2.05, 4.69) is 32.9 Å². The Bertz CT molecular complexity index is 1240. The molecule has 0 saturated carbocycles. The van der Waals surface area contributed by atoms with Gasteiger partial charge in [-0.05, 0) is 53.8 Å². The van der Waals surface area contributed by atoms with Crippen LogP contribution in [0.15, 0.2) is 77.6 Å². The van der Waals surface area contributed by atoms with E-state index in [0.29, 0.717) is 10.9 Å². The third-order valence-electron chi connectivity index (χ3n) is 5.31. The van der Waals surface area contributed by atoms with E-state index in [1.807, 2.05) is 47.9 Å². The lowest BCUT2D eigenvalue weighted by Crippen LogP contribution is -2.13. The van der Waals surface area contributed by atoms with Gasteiger partial charge >= 0.3 is 0 Å². The molecule has 2 nitrogen and oxygen atoms in total. The molecular formula is C26H24FNO.